The number of H-pyrrole nitrogens is 1. The number of esters is 2. The van der Waals surface area contributed by atoms with Gasteiger partial charge in [0.05, 0.1) is 30.7 Å². The van der Waals surface area contributed by atoms with Gasteiger partial charge >= 0.3 is 18.0 Å². The number of hydrogen-bond donors (Lipinski definition) is 2. The van der Waals surface area contributed by atoms with Crippen molar-refractivity contribution in [1.29, 1.82) is 0 Å². The molecule has 1 aliphatic heterocycles. The molecule has 166 valence electrons. The van der Waals surface area contributed by atoms with Gasteiger partial charge in [0.1, 0.15) is 0 Å². The molecular weight excluding hydrogens is 410 g/mol. The molecule has 0 aliphatic carbocycles. The average molecular weight is 435 g/mol. The number of para-hydroxylation sites is 2. The summed E-state index contributed by atoms with van der Waals surface area (Å²) in [5.41, 5.74) is 1.69. The molecule has 1 unspecified atom stereocenters. The SMILES string of the molecule is CCOC(=O)C1(C)c2[nH]c3ccccc3c2CCN1C(=O)Nc1ccccc1C(=O)OC. The maximum absolute atomic E-state index is 13.4. The molecule has 0 saturated heterocycles. The van der Waals surface area contributed by atoms with E-state index in [1.807, 2.05) is 24.3 Å². The smallest absolute Gasteiger partial charge is 0.339 e. The van der Waals surface area contributed by atoms with E-state index in [9.17, 15) is 14.4 Å². The second-order valence-corrected chi connectivity index (χ2v) is 7.69. The number of amides is 2. The zero-order chi connectivity index (χ0) is 22.9. The van der Waals surface area contributed by atoms with Crippen molar-refractivity contribution in [1.82, 2.24) is 9.88 Å². The minimum absolute atomic E-state index is 0.185. The van der Waals surface area contributed by atoms with Crippen molar-refractivity contribution < 1.29 is 23.9 Å². The van der Waals surface area contributed by atoms with Crippen LogP contribution in [0.5, 0.6) is 0 Å². The lowest BCUT2D eigenvalue weighted by Gasteiger charge is -2.42. The number of urea groups is 1. The summed E-state index contributed by atoms with van der Waals surface area (Å²) in [5.74, 6) is -1.09. The van der Waals surface area contributed by atoms with Gasteiger partial charge in [-0.05, 0) is 44.0 Å². The van der Waals surface area contributed by atoms with Crippen LogP contribution in [0, 0.1) is 0 Å². The molecule has 2 aromatic carbocycles. The number of nitrogens with zero attached hydrogens (tertiary/aromatic N) is 1. The highest BCUT2D eigenvalue weighted by Gasteiger charge is 2.50. The highest BCUT2D eigenvalue weighted by Crippen LogP contribution is 2.40. The number of carbonyl (C=O) groups excluding carboxylic acids is 3. The minimum atomic E-state index is -1.37. The van der Waals surface area contributed by atoms with Crippen molar-refractivity contribution in [2.24, 2.45) is 0 Å². The van der Waals surface area contributed by atoms with Crippen molar-refractivity contribution in [2.45, 2.75) is 25.8 Å². The molecule has 4 rings (SSSR count). The fourth-order valence-corrected chi connectivity index (χ4v) is 4.31. The van der Waals surface area contributed by atoms with E-state index < -0.39 is 23.5 Å². The molecule has 2 amide bonds. The first-order valence-corrected chi connectivity index (χ1v) is 10.4. The van der Waals surface area contributed by atoms with Crippen LogP contribution in [0.3, 0.4) is 0 Å². The predicted octanol–water partition coefficient (Wildman–Crippen LogP) is 3.82. The molecule has 0 spiro atoms. The number of anilines is 1. The first-order chi connectivity index (χ1) is 15.4. The molecule has 3 aromatic rings. The Morgan fingerprint density at radius 3 is 2.59 bits per heavy atom. The first-order valence-electron chi connectivity index (χ1n) is 10.4. The summed E-state index contributed by atoms with van der Waals surface area (Å²) < 4.78 is 10.2. The zero-order valence-electron chi connectivity index (χ0n) is 18.2. The Balaban J connectivity index is 1.76. The van der Waals surface area contributed by atoms with Crippen molar-refractivity contribution >= 4 is 34.6 Å². The average Bonchev–Trinajstić information content (AvgIpc) is 3.19. The molecule has 0 bridgehead atoms. The standard InChI is InChI=1S/C24H25N3O5/c1-4-32-22(29)24(2)20-16(15-9-5-7-11-18(15)25-20)13-14-27(24)23(30)26-19-12-8-6-10-17(19)21(28)31-3/h5-12,25H,4,13-14H2,1-3H3,(H,26,30). The van der Waals surface area contributed by atoms with E-state index in [0.29, 0.717) is 24.3 Å². The lowest BCUT2D eigenvalue weighted by molar-refractivity contribution is -0.156. The number of aromatic nitrogens is 1. The Labute approximate surface area is 185 Å². The Morgan fingerprint density at radius 1 is 1.12 bits per heavy atom. The van der Waals surface area contributed by atoms with Crippen molar-refractivity contribution in [3.8, 4) is 0 Å². The summed E-state index contributed by atoms with van der Waals surface area (Å²) in [6, 6.07) is 13.9. The number of benzene rings is 2. The highest BCUT2D eigenvalue weighted by molar-refractivity contribution is 6.02. The van der Waals surface area contributed by atoms with E-state index in [4.69, 9.17) is 9.47 Å². The molecule has 1 atom stereocenters. The molecule has 8 nitrogen and oxygen atoms in total. The van der Waals surface area contributed by atoms with Crippen molar-refractivity contribution in [2.75, 3.05) is 25.6 Å². The fraction of sp³-hybridized carbons (Fsp3) is 0.292. The summed E-state index contributed by atoms with van der Waals surface area (Å²) in [7, 11) is 1.28. The Hall–Kier alpha value is -3.81. The second-order valence-electron chi connectivity index (χ2n) is 7.69. The summed E-state index contributed by atoms with van der Waals surface area (Å²) in [6.45, 7) is 3.90. The lowest BCUT2D eigenvalue weighted by atomic mass is 9.86. The monoisotopic (exact) mass is 435 g/mol. The van der Waals surface area contributed by atoms with Crippen LogP contribution in [-0.4, -0.2) is 48.1 Å². The van der Waals surface area contributed by atoms with E-state index in [1.165, 1.54) is 12.0 Å². The minimum Gasteiger partial charge on any atom is -0.465 e. The van der Waals surface area contributed by atoms with Crippen LogP contribution < -0.4 is 5.32 Å². The molecule has 1 aliphatic rings. The third-order valence-corrected chi connectivity index (χ3v) is 5.92. The van der Waals surface area contributed by atoms with Gasteiger partial charge in [-0.15, -0.1) is 0 Å². The van der Waals surface area contributed by atoms with Crippen molar-refractivity contribution in [3.63, 3.8) is 0 Å². The lowest BCUT2D eigenvalue weighted by Crippen LogP contribution is -2.58. The van der Waals surface area contributed by atoms with Crippen LogP contribution in [0.1, 0.15) is 35.5 Å². The maximum atomic E-state index is 13.4. The molecule has 1 aromatic heterocycles. The molecule has 2 N–H and O–H groups in total. The zero-order valence-corrected chi connectivity index (χ0v) is 18.2. The first kappa shape index (κ1) is 21.4. The number of nitrogens with one attached hydrogen (secondary N) is 2. The van der Waals surface area contributed by atoms with Gasteiger partial charge in [0.15, 0.2) is 5.54 Å². The van der Waals surface area contributed by atoms with Crippen LogP contribution in [0.15, 0.2) is 48.5 Å². The molecule has 0 fully saturated rings. The summed E-state index contributed by atoms with van der Waals surface area (Å²) >= 11 is 0. The normalized spacial score (nSPS) is 17.5. The topological polar surface area (TPSA) is 101 Å². The van der Waals surface area contributed by atoms with E-state index in [-0.39, 0.29) is 12.2 Å². The molecule has 2 heterocycles. The molecule has 8 heteroatoms. The van der Waals surface area contributed by atoms with Crippen molar-refractivity contribution in [3.05, 3.63) is 65.4 Å². The van der Waals surface area contributed by atoms with Crippen LogP contribution in [0.4, 0.5) is 10.5 Å². The molecule has 0 radical (unpaired) electrons. The Kier molecular flexibility index (Phi) is 5.61. The van der Waals surface area contributed by atoms with Gasteiger partial charge < -0.3 is 24.7 Å². The molecular formula is C24H25N3O5. The summed E-state index contributed by atoms with van der Waals surface area (Å²) in [5, 5.41) is 3.80. The third kappa shape index (κ3) is 3.37. The number of aromatic amines is 1. The van der Waals surface area contributed by atoms with Gasteiger partial charge in [-0.3, -0.25) is 0 Å². The highest BCUT2D eigenvalue weighted by atomic mass is 16.5. The predicted molar refractivity (Wildman–Crippen MR) is 119 cm³/mol. The van der Waals surface area contributed by atoms with Gasteiger partial charge in [-0.1, -0.05) is 30.3 Å². The van der Waals surface area contributed by atoms with E-state index in [2.05, 4.69) is 10.3 Å². The van der Waals surface area contributed by atoms with Crippen LogP contribution in [-0.2, 0) is 26.2 Å². The summed E-state index contributed by atoms with van der Waals surface area (Å²) in [6.07, 6.45) is 0.570. The number of ether oxygens (including phenoxy) is 2. The second kappa shape index (κ2) is 8.37. The van der Waals surface area contributed by atoms with Gasteiger partial charge in [0.25, 0.3) is 0 Å². The van der Waals surface area contributed by atoms with E-state index >= 15 is 0 Å². The number of fused-ring (bicyclic) bond motifs is 3. The van der Waals surface area contributed by atoms with Crippen LogP contribution in [0.2, 0.25) is 0 Å². The van der Waals surface area contributed by atoms with Gasteiger partial charge in [-0.2, -0.15) is 0 Å². The van der Waals surface area contributed by atoms with Gasteiger partial charge in [0, 0.05) is 17.4 Å². The maximum Gasteiger partial charge on any atom is 0.339 e. The number of rotatable bonds is 4. The Bertz CT molecular complexity index is 1200. The fourth-order valence-electron chi connectivity index (χ4n) is 4.31. The number of carbonyl (C=O) groups is 3. The van der Waals surface area contributed by atoms with Crippen LogP contribution >= 0.6 is 0 Å². The quantitative estimate of drug-likeness (QED) is 0.607. The third-order valence-electron chi connectivity index (χ3n) is 5.92. The Morgan fingerprint density at radius 2 is 1.84 bits per heavy atom. The number of methoxy groups -OCH3 is 1. The van der Waals surface area contributed by atoms with Crippen LogP contribution in [0.25, 0.3) is 10.9 Å². The summed E-state index contributed by atoms with van der Waals surface area (Å²) in [4.78, 5) is 43.5. The van der Waals surface area contributed by atoms with Gasteiger partial charge in [-0.25, -0.2) is 14.4 Å². The largest absolute Gasteiger partial charge is 0.465 e. The molecule has 32 heavy (non-hydrogen) atoms. The van der Waals surface area contributed by atoms with Gasteiger partial charge in [0.2, 0.25) is 0 Å². The molecule has 0 saturated carbocycles. The van der Waals surface area contributed by atoms with E-state index in [0.717, 1.165) is 16.5 Å². The number of hydrogen-bond acceptors (Lipinski definition) is 5. The van der Waals surface area contributed by atoms with E-state index in [1.54, 1.807) is 38.1 Å².